The maximum absolute atomic E-state index is 11.7. The van der Waals surface area contributed by atoms with E-state index in [-0.39, 0.29) is 6.03 Å². The van der Waals surface area contributed by atoms with Crippen LogP contribution in [0.2, 0.25) is 0 Å². The molecule has 0 saturated heterocycles. The van der Waals surface area contributed by atoms with Gasteiger partial charge in [-0.25, -0.2) is 4.79 Å². The van der Waals surface area contributed by atoms with E-state index >= 15 is 0 Å². The van der Waals surface area contributed by atoms with Gasteiger partial charge < -0.3 is 10.2 Å². The van der Waals surface area contributed by atoms with Crippen LogP contribution in [0.15, 0.2) is 42.5 Å². The zero-order valence-electron chi connectivity index (χ0n) is 12.5. The van der Waals surface area contributed by atoms with Crippen molar-refractivity contribution in [2.45, 2.75) is 25.8 Å². The van der Waals surface area contributed by atoms with Crippen molar-refractivity contribution in [3.63, 3.8) is 0 Å². The van der Waals surface area contributed by atoms with Crippen LogP contribution in [0.5, 0.6) is 0 Å². The lowest BCUT2D eigenvalue weighted by molar-refractivity contribution is 0.251. The molecular weight excluding hydrogens is 278 g/mol. The minimum atomic E-state index is -0.222. The first-order chi connectivity index (χ1) is 10.8. The maximum atomic E-state index is 11.7. The summed E-state index contributed by atoms with van der Waals surface area (Å²) in [5.74, 6) is 1.20. The molecule has 2 amide bonds. The molecule has 0 spiro atoms. The third-order valence-electron chi connectivity index (χ3n) is 3.47. The Hall–Kier alpha value is -2.63. The number of carbonyl (C=O) groups is 1. The number of urea groups is 1. The highest BCUT2D eigenvalue weighted by molar-refractivity contribution is 5.88. The number of amides is 2. The van der Waals surface area contributed by atoms with E-state index in [1.54, 1.807) is 6.07 Å². The fourth-order valence-corrected chi connectivity index (χ4v) is 2.19. The molecule has 0 unspecified atom stereocenters. The molecule has 3 rings (SSSR count). The van der Waals surface area contributed by atoms with Gasteiger partial charge >= 0.3 is 6.03 Å². The van der Waals surface area contributed by atoms with Crippen LogP contribution in [0.1, 0.15) is 19.8 Å². The Morgan fingerprint density at radius 2 is 1.95 bits per heavy atom. The van der Waals surface area contributed by atoms with Crippen LogP contribution in [-0.4, -0.2) is 28.8 Å². The van der Waals surface area contributed by atoms with Crippen molar-refractivity contribution in [1.29, 1.82) is 0 Å². The SMILES string of the molecule is CCN(c1ccccc1)c1ccc(NC(=O)NC2CC2)nn1. The van der Waals surface area contributed by atoms with E-state index in [0.29, 0.717) is 11.9 Å². The minimum Gasteiger partial charge on any atom is -0.335 e. The average Bonchev–Trinajstić information content (AvgIpc) is 3.34. The topological polar surface area (TPSA) is 70.2 Å². The van der Waals surface area contributed by atoms with Gasteiger partial charge in [0.05, 0.1) is 0 Å². The van der Waals surface area contributed by atoms with Gasteiger partial charge in [-0.2, -0.15) is 0 Å². The van der Waals surface area contributed by atoms with Crippen molar-refractivity contribution >= 4 is 23.4 Å². The zero-order chi connectivity index (χ0) is 15.4. The lowest BCUT2D eigenvalue weighted by Crippen LogP contribution is -2.30. The monoisotopic (exact) mass is 297 g/mol. The predicted octanol–water partition coefficient (Wildman–Crippen LogP) is 2.92. The molecule has 1 aliphatic carbocycles. The van der Waals surface area contributed by atoms with E-state index < -0.39 is 0 Å². The third-order valence-corrected chi connectivity index (χ3v) is 3.47. The largest absolute Gasteiger partial charge is 0.335 e. The minimum absolute atomic E-state index is 0.222. The van der Waals surface area contributed by atoms with Crippen molar-refractivity contribution in [2.75, 3.05) is 16.8 Å². The molecule has 1 aromatic heterocycles. The molecule has 0 bridgehead atoms. The number of nitrogens with zero attached hydrogens (tertiary/aromatic N) is 3. The molecule has 6 heteroatoms. The predicted molar refractivity (Wildman–Crippen MR) is 86.3 cm³/mol. The van der Waals surface area contributed by atoms with E-state index in [2.05, 4.69) is 32.7 Å². The van der Waals surface area contributed by atoms with Crippen LogP contribution in [0.25, 0.3) is 0 Å². The van der Waals surface area contributed by atoms with Crippen LogP contribution in [0, 0.1) is 0 Å². The second-order valence-electron chi connectivity index (χ2n) is 5.23. The summed E-state index contributed by atoms with van der Waals surface area (Å²) >= 11 is 0. The normalized spacial score (nSPS) is 13.5. The zero-order valence-corrected chi connectivity index (χ0v) is 12.5. The molecule has 6 nitrogen and oxygen atoms in total. The molecule has 1 heterocycles. The molecule has 0 aliphatic heterocycles. The number of aromatic nitrogens is 2. The van der Waals surface area contributed by atoms with Crippen LogP contribution in [-0.2, 0) is 0 Å². The van der Waals surface area contributed by atoms with E-state index in [1.807, 2.05) is 36.4 Å². The van der Waals surface area contributed by atoms with Gasteiger partial charge in [-0.1, -0.05) is 18.2 Å². The Labute approximate surface area is 129 Å². The van der Waals surface area contributed by atoms with E-state index in [1.165, 1.54) is 0 Å². The van der Waals surface area contributed by atoms with Crippen molar-refractivity contribution < 1.29 is 4.79 Å². The van der Waals surface area contributed by atoms with E-state index in [4.69, 9.17) is 0 Å². The van der Waals surface area contributed by atoms with Crippen molar-refractivity contribution in [3.05, 3.63) is 42.5 Å². The summed E-state index contributed by atoms with van der Waals surface area (Å²) in [6.07, 6.45) is 2.11. The lowest BCUT2D eigenvalue weighted by atomic mass is 10.3. The molecule has 0 radical (unpaired) electrons. The van der Waals surface area contributed by atoms with Gasteiger partial charge in [0.1, 0.15) is 0 Å². The second kappa shape index (κ2) is 6.43. The first-order valence-corrected chi connectivity index (χ1v) is 7.50. The fraction of sp³-hybridized carbons (Fsp3) is 0.312. The van der Waals surface area contributed by atoms with Gasteiger partial charge in [0.2, 0.25) is 0 Å². The second-order valence-corrected chi connectivity index (χ2v) is 5.23. The first kappa shape index (κ1) is 14.3. The number of nitrogens with one attached hydrogen (secondary N) is 2. The summed E-state index contributed by atoms with van der Waals surface area (Å²) in [7, 11) is 0. The third kappa shape index (κ3) is 3.52. The molecule has 1 aromatic carbocycles. The molecule has 114 valence electrons. The maximum Gasteiger partial charge on any atom is 0.320 e. The van der Waals surface area contributed by atoms with Crippen molar-refractivity contribution in [3.8, 4) is 0 Å². The number of carbonyl (C=O) groups excluding carboxylic acids is 1. The van der Waals surface area contributed by atoms with Crippen LogP contribution >= 0.6 is 0 Å². The molecule has 2 aromatic rings. The number of benzene rings is 1. The Morgan fingerprint density at radius 3 is 2.55 bits per heavy atom. The number of rotatable bonds is 5. The molecule has 22 heavy (non-hydrogen) atoms. The van der Waals surface area contributed by atoms with Gasteiger partial charge in [-0.3, -0.25) is 5.32 Å². The van der Waals surface area contributed by atoms with Crippen LogP contribution in [0.3, 0.4) is 0 Å². The lowest BCUT2D eigenvalue weighted by Gasteiger charge is -2.21. The number of hydrogen-bond donors (Lipinski definition) is 2. The Bertz CT molecular complexity index is 625. The van der Waals surface area contributed by atoms with Gasteiger partial charge in [0.25, 0.3) is 0 Å². The summed E-state index contributed by atoms with van der Waals surface area (Å²) in [6.45, 7) is 2.84. The van der Waals surface area contributed by atoms with Crippen LogP contribution < -0.4 is 15.5 Å². The van der Waals surface area contributed by atoms with Crippen LogP contribution in [0.4, 0.5) is 22.1 Å². The summed E-state index contributed by atoms with van der Waals surface area (Å²) in [5.41, 5.74) is 1.06. The molecular formula is C16H19N5O. The first-order valence-electron chi connectivity index (χ1n) is 7.50. The summed E-state index contributed by atoms with van der Waals surface area (Å²) in [6, 6.07) is 13.7. The Kier molecular flexibility index (Phi) is 4.18. The highest BCUT2D eigenvalue weighted by atomic mass is 16.2. The van der Waals surface area contributed by atoms with E-state index in [9.17, 15) is 4.79 Å². The Balaban J connectivity index is 1.68. The smallest absolute Gasteiger partial charge is 0.320 e. The molecule has 2 N–H and O–H groups in total. The molecule has 1 fully saturated rings. The molecule has 1 saturated carbocycles. The summed E-state index contributed by atoms with van der Waals surface area (Å²) < 4.78 is 0. The summed E-state index contributed by atoms with van der Waals surface area (Å²) in [5, 5.41) is 13.8. The van der Waals surface area contributed by atoms with Crippen molar-refractivity contribution in [1.82, 2.24) is 15.5 Å². The molecule has 1 aliphatic rings. The number of anilines is 3. The molecule has 0 atom stereocenters. The quantitative estimate of drug-likeness (QED) is 0.890. The van der Waals surface area contributed by atoms with Gasteiger partial charge in [0, 0.05) is 18.3 Å². The Morgan fingerprint density at radius 1 is 1.18 bits per heavy atom. The van der Waals surface area contributed by atoms with Gasteiger partial charge in [0.15, 0.2) is 11.6 Å². The number of para-hydroxylation sites is 1. The van der Waals surface area contributed by atoms with Crippen molar-refractivity contribution in [2.24, 2.45) is 0 Å². The highest BCUT2D eigenvalue weighted by Gasteiger charge is 2.23. The van der Waals surface area contributed by atoms with E-state index in [0.717, 1.165) is 30.9 Å². The fourth-order valence-electron chi connectivity index (χ4n) is 2.19. The van der Waals surface area contributed by atoms with Gasteiger partial charge in [-0.05, 0) is 44.0 Å². The summed E-state index contributed by atoms with van der Waals surface area (Å²) in [4.78, 5) is 13.7. The standard InChI is InChI=1S/C16H19N5O/c1-2-21(13-6-4-3-5-7-13)15-11-10-14(19-20-15)18-16(22)17-12-8-9-12/h3-7,10-12H,2,8-9H2,1H3,(H2,17,18,19,22). The average molecular weight is 297 g/mol. The highest BCUT2D eigenvalue weighted by Crippen LogP contribution is 2.23. The van der Waals surface area contributed by atoms with Gasteiger partial charge in [-0.15, -0.1) is 10.2 Å². The number of hydrogen-bond acceptors (Lipinski definition) is 4.